The molecule has 47 heavy (non-hydrogen) atoms. The Kier molecular flexibility index (Phi) is 29.9. The third kappa shape index (κ3) is 31.2. The summed E-state index contributed by atoms with van der Waals surface area (Å²) in [7, 11) is -0.0907. The molecule has 0 spiro atoms. The molecule has 0 heterocycles. The minimum absolute atomic E-state index is 0.278. The highest BCUT2D eigenvalue weighted by molar-refractivity contribution is 7.45. The van der Waals surface area contributed by atoms with Gasteiger partial charge in [-0.2, -0.15) is 4.65 Å². The molecule has 0 aromatic rings. The van der Waals surface area contributed by atoms with Crippen LogP contribution in [0.5, 0.6) is 0 Å². The van der Waals surface area contributed by atoms with Crippen LogP contribution < -0.4 is 10.2 Å². The quantitative estimate of drug-likeness (QED) is 0.0262. The van der Waals surface area contributed by atoms with Gasteiger partial charge >= 0.3 is 7.82 Å². The van der Waals surface area contributed by atoms with Crippen molar-refractivity contribution < 1.29 is 38.3 Å². The maximum Gasteiger partial charge on any atom is 0.325 e. The lowest BCUT2D eigenvalue weighted by molar-refractivity contribution is -1.04. The van der Waals surface area contributed by atoms with Gasteiger partial charge in [-0.25, -0.2) is 0 Å². The minimum Gasteiger partial charge on any atom is -0.752 e. The molecule has 1 amide bonds. The fraction of sp³-hybridized carbons (Fsp3) is 0.973. The van der Waals surface area contributed by atoms with Gasteiger partial charge in [0.05, 0.1) is 39.9 Å². The van der Waals surface area contributed by atoms with Gasteiger partial charge < -0.3 is 24.9 Å². The number of carbonyl (C=O) groups is 1. The first-order valence-corrected chi connectivity index (χ1v) is 21.0. The monoisotopic (exact) mass is 693 g/mol. The summed E-state index contributed by atoms with van der Waals surface area (Å²) in [5, 5.41) is 24.4. The summed E-state index contributed by atoms with van der Waals surface area (Å²) in [6, 6.07) is -1.07. The Morgan fingerprint density at radius 3 is 1.40 bits per heavy atom. The molecule has 0 fully saturated rings. The number of aliphatic hydroxyl groups excluding tert-OH is 2. The van der Waals surface area contributed by atoms with Gasteiger partial charge in [-0.15, -0.1) is 4.62 Å². The lowest BCUT2D eigenvalue weighted by atomic mass is 9.99. The van der Waals surface area contributed by atoms with Crippen molar-refractivity contribution in [2.75, 3.05) is 27.7 Å². The van der Waals surface area contributed by atoms with E-state index in [9.17, 15) is 24.5 Å². The number of hydrogen-bond acceptors (Lipinski definition) is 7. The van der Waals surface area contributed by atoms with Crippen LogP contribution in [0.15, 0.2) is 0 Å². The number of hydrogen-bond donors (Lipinski definition) is 3. The van der Waals surface area contributed by atoms with E-state index in [0.717, 1.165) is 38.5 Å². The molecule has 3 N–H and O–H groups in total. The maximum atomic E-state index is 12.8. The molecule has 0 radical (unpaired) electrons. The molecule has 4 atom stereocenters. The van der Waals surface area contributed by atoms with Crippen molar-refractivity contribution in [2.45, 2.75) is 205 Å². The zero-order chi connectivity index (χ0) is 35.2. The second kappa shape index (κ2) is 30.3. The highest BCUT2D eigenvalue weighted by Crippen LogP contribution is 2.40. The van der Waals surface area contributed by atoms with Crippen LogP contribution in [-0.4, -0.2) is 66.8 Å². The molecule has 0 aliphatic rings. The van der Waals surface area contributed by atoms with Gasteiger partial charge in [0.2, 0.25) is 5.91 Å². The zero-order valence-corrected chi connectivity index (χ0v) is 32.3. The molecule has 2 unspecified atom stereocenters. The number of quaternary nitrogens is 1. The van der Waals surface area contributed by atoms with Crippen molar-refractivity contribution >= 4 is 13.7 Å². The van der Waals surface area contributed by atoms with Gasteiger partial charge in [0.15, 0.2) is 0 Å². The topological polar surface area (TPSA) is 128 Å². The molecule has 0 aromatic heterocycles. The molecule has 0 saturated heterocycles. The lowest BCUT2D eigenvalue weighted by Gasteiger charge is -2.32. The Balaban J connectivity index is 4.48. The van der Waals surface area contributed by atoms with E-state index in [1.165, 1.54) is 143 Å². The largest absolute Gasteiger partial charge is 0.752 e. The first kappa shape index (κ1) is 46.5. The molecule has 9 nitrogen and oxygen atoms in total. The Labute approximate surface area is 290 Å². The predicted octanol–water partition coefficient (Wildman–Crippen LogP) is 8.89. The molecule has 0 aliphatic carbocycles. The number of nitrogens with zero attached hydrogens (tertiary/aromatic N) is 1. The molecular weight excluding hydrogens is 615 g/mol. The number of aliphatic hydroxyl groups is 2. The van der Waals surface area contributed by atoms with Crippen LogP contribution in [0.1, 0.15) is 187 Å². The maximum absolute atomic E-state index is 12.8. The number of phosphoric acid groups is 1. The number of phosphoric ester groups is 1. The van der Waals surface area contributed by atoms with E-state index in [2.05, 4.69) is 19.2 Å². The van der Waals surface area contributed by atoms with Crippen molar-refractivity contribution in [1.82, 2.24) is 5.32 Å². The molecule has 0 aromatic carbocycles. The van der Waals surface area contributed by atoms with E-state index in [4.69, 9.17) is 9.15 Å². The Morgan fingerprint density at radius 1 is 0.660 bits per heavy atom. The van der Waals surface area contributed by atoms with Crippen molar-refractivity contribution in [1.29, 1.82) is 0 Å². The normalized spacial score (nSPS) is 15.3. The van der Waals surface area contributed by atoms with Gasteiger partial charge in [-0.1, -0.05) is 168 Å². The molecule has 0 saturated carbocycles. The van der Waals surface area contributed by atoms with Crippen molar-refractivity contribution in [2.24, 2.45) is 0 Å². The number of hydroxylamine groups is 3. The standard InChI is InChI=1S/C37H77N2O7P/c1-6-8-10-12-14-16-18-20-22-24-26-28-30-32-36(41)38-34(33-45-47(43,44)46-39(3,4)5)37(42)35(40)31-29-27-25-23-21-19-17-15-13-11-9-7-2/h34-35,37,40,42H,6-33H2,1-5H3,(H-,38,41,43,44)/t34-,35?,37-/m0/s1. The average molecular weight is 693 g/mol. The van der Waals surface area contributed by atoms with Crippen LogP contribution in [-0.2, 0) is 18.5 Å². The summed E-state index contributed by atoms with van der Waals surface area (Å²) in [6.45, 7) is 3.97. The molecule has 10 heteroatoms. The highest BCUT2D eigenvalue weighted by atomic mass is 31.2. The van der Waals surface area contributed by atoms with Crippen molar-refractivity contribution in [3.05, 3.63) is 0 Å². The van der Waals surface area contributed by atoms with E-state index >= 15 is 0 Å². The van der Waals surface area contributed by atoms with E-state index in [-0.39, 0.29) is 17.0 Å². The van der Waals surface area contributed by atoms with Gasteiger partial charge in [-0.3, -0.25) is 9.36 Å². The molecule has 0 bridgehead atoms. The second-order valence-electron chi connectivity index (χ2n) is 14.6. The third-order valence-corrected chi connectivity index (χ3v) is 9.93. The highest BCUT2D eigenvalue weighted by Gasteiger charge is 2.30. The number of rotatable bonds is 35. The van der Waals surface area contributed by atoms with E-state index in [1.54, 1.807) is 0 Å². The fourth-order valence-electron chi connectivity index (χ4n) is 5.94. The Morgan fingerprint density at radius 2 is 1.02 bits per heavy atom. The average Bonchev–Trinajstić information content (AvgIpc) is 3.00. The first-order chi connectivity index (χ1) is 22.4. The van der Waals surface area contributed by atoms with Gasteiger partial charge in [0, 0.05) is 6.42 Å². The van der Waals surface area contributed by atoms with Crippen molar-refractivity contribution in [3.8, 4) is 0 Å². The van der Waals surface area contributed by atoms with Crippen LogP contribution >= 0.6 is 7.82 Å². The molecule has 282 valence electrons. The third-order valence-electron chi connectivity index (χ3n) is 8.77. The predicted molar refractivity (Wildman–Crippen MR) is 193 cm³/mol. The Hall–Kier alpha value is -0.540. The van der Waals surface area contributed by atoms with E-state index in [1.807, 2.05) is 0 Å². The van der Waals surface area contributed by atoms with Gasteiger partial charge in [0.25, 0.3) is 0 Å². The fourth-order valence-corrected chi connectivity index (χ4v) is 6.93. The number of unbranched alkanes of at least 4 members (excludes halogenated alkanes) is 23. The van der Waals surface area contributed by atoms with Gasteiger partial charge in [-0.05, 0) is 12.8 Å². The van der Waals surface area contributed by atoms with Crippen LogP contribution in [0.25, 0.3) is 0 Å². The summed E-state index contributed by atoms with van der Waals surface area (Å²) < 4.78 is 22.1. The molecule has 0 aliphatic heterocycles. The minimum atomic E-state index is -4.70. The van der Waals surface area contributed by atoms with Crippen LogP contribution in [0.2, 0.25) is 0 Å². The molecular formula is C37H77N2O7P. The van der Waals surface area contributed by atoms with E-state index in [0.29, 0.717) is 6.42 Å². The summed E-state index contributed by atoms with van der Waals surface area (Å²) in [6.07, 6.45) is 28.4. The number of carbonyl (C=O) groups excluding carboxylic acids is 1. The zero-order valence-electron chi connectivity index (χ0n) is 31.4. The summed E-state index contributed by atoms with van der Waals surface area (Å²) in [4.78, 5) is 25.1. The summed E-state index contributed by atoms with van der Waals surface area (Å²) in [5.41, 5.74) is 0. The summed E-state index contributed by atoms with van der Waals surface area (Å²) in [5.74, 6) is -0.286. The Bertz CT molecular complexity index is 765. The SMILES string of the molecule is CCCCCCCCCCCCCCCC(=O)N[C@@H](COP(=O)([O-])O[N+](C)(C)C)[C@H](O)C(O)CCCCCCCCCCCCCC. The van der Waals surface area contributed by atoms with Crippen LogP contribution in [0.4, 0.5) is 0 Å². The lowest BCUT2D eigenvalue weighted by Crippen LogP contribution is -2.51. The van der Waals surface area contributed by atoms with E-state index < -0.39 is 32.7 Å². The number of nitrogens with one attached hydrogen (secondary N) is 1. The second-order valence-corrected chi connectivity index (χ2v) is 15.9. The van der Waals surface area contributed by atoms with Gasteiger partial charge in [0.1, 0.15) is 6.10 Å². The van der Waals surface area contributed by atoms with Crippen LogP contribution in [0, 0.1) is 0 Å². The van der Waals surface area contributed by atoms with Crippen LogP contribution in [0.3, 0.4) is 0 Å². The summed E-state index contributed by atoms with van der Waals surface area (Å²) >= 11 is 0. The molecule has 0 rings (SSSR count). The first-order valence-electron chi connectivity index (χ1n) is 19.6. The number of amides is 1. The smallest absolute Gasteiger partial charge is 0.325 e. The van der Waals surface area contributed by atoms with Crippen molar-refractivity contribution in [3.63, 3.8) is 0 Å².